The highest BCUT2D eigenvalue weighted by atomic mass is 33.1. The van der Waals surface area contributed by atoms with Gasteiger partial charge in [0.25, 0.3) is 0 Å². The van der Waals surface area contributed by atoms with Crippen LogP contribution in [0.5, 0.6) is 0 Å². The maximum absolute atomic E-state index is 12.1. The summed E-state index contributed by atoms with van der Waals surface area (Å²) in [5.74, 6) is 2.76. The molecule has 0 saturated carbocycles. The van der Waals surface area contributed by atoms with Crippen molar-refractivity contribution in [2.75, 3.05) is 32.9 Å². The number of hydrogen-bond donors (Lipinski definition) is 1. The van der Waals surface area contributed by atoms with E-state index in [1.165, 1.54) is 31.4 Å². The van der Waals surface area contributed by atoms with Crippen molar-refractivity contribution in [3.63, 3.8) is 0 Å². The molecule has 1 fully saturated rings. The molecule has 1 heterocycles. The zero-order chi connectivity index (χ0) is 15.7. The Morgan fingerprint density at radius 3 is 2.71 bits per heavy atom. The van der Waals surface area contributed by atoms with E-state index < -0.39 is 0 Å². The van der Waals surface area contributed by atoms with Crippen LogP contribution in [0.25, 0.3) is 0 Å². The molecule has 3 nitrogen and oxygen atoms in total. The molecular formula is C16H32N2OS2. The molecule has 1 N–H and O–H groups in total. The molecule has 124 valence electrons. The first kappa shape index (κ1) is 19.2. The monoisotopic (exact) mass is 332 g/mol. The standard InChI is InChI=1S/C16H32N2OS2/c1-13(2)11-14(5-6-15-7-10-20-21-15)12-16(19)17-8-9-18(3)4/h13-15H,5-12H2,1-4H3,(H,17,19)/t14-,15?/m0/s1. The zero-order valence-electron chi connectivity index (χ0n) is 14.1. The van der Waals surface area contributed by atoms with Crippen molar-refractivity contribution in [2.45, 2.75) is 51.2 Å². The summed E-state index contributed by atoms with van der Waals surface area (Å²) in [7, 11) is 8.12. The van der Waals surface area contributed by atoms with Gasteiger partial charge in [-0.1, -0.05) is 35.4 Å². The van der Waals surface area contributed by atoms with Crippen molar-refractivity contribution in [1.82, 2.24) is 10.2 Å². The largest absolute Gasteiger partial charge is 0.355 e. The molecule has 2 atom stereocenters. The number of likely N-dealkylation sites (N-methyl/N-ethyl adjacent to an activating group) is 1. The van der Waals surface area contributed by atoms with Gasteiger partial charge in [-0.15, -0.1) is 0 Å². The quantitative estimate of drug-likeness (QED) is 0.619. The molecule has 0 aromatic heterocycles. The topological polar surface area (TPSA) is 32.3 Å². The molecule has 0 bridgehead atoms. The van der Waals surface area contributed by atoms with Gasteiger partial charge in [-0.2, -0.15) is 0 Å². The fourth-order valence-electron chi connectivity index (χ4n) is 2.71. The lowest BCUT2D eigenvalue weighted by Crippen LogP contribution is -2.32. The maximum atomic E-state index is 12.1. The number of amides is 1. The second kappa shape index (κ2) is 10.8. The third-order valence-electron chi connectivity index (χ3n) is 3.78. The fourth-order valence-corrected chi connectivity index (χ4v) is 5.71. The summed E-state index contributed by atoms with van der Waals surface area (Å²) in [4.78, 5) is 14.2. The van der Waals surface area contributed by atoms with E-state index in [1.807, 2.05) is 35.7 Å². The van der Waals surface area contributed by atoms with Crippen molar-refractivity contribution in [2.24, 2.45) is 11.8 Å². The van der Waals surface area contributed by atoms with Crippen LogP contribution in [0.2, 0.25) is 0 Å². The third kappa shape index (κ3) is 9.69. The minimum atomic E-state index is 0.232. The van der Waals surface area contributed by atoms with Crippen LogP contribution in [-0.4, -0.2) is 49.0 Å². The number of rotatable bonds is 10. The molecule has 21 heavy (non-hydrogen) atoms. The van der Waals surface area contributed by atoms with E-state index in [2.05, 4.69) is 24.1 Å². The lowest BCUT2D eigenvalue weighted by atomic mass is 9.89. The first-order valence-corrected chi connectivity index (χ1v) is 10.5. The molecule has 1 aliphatic rings. The van der Waals surface area contributed by atoms with Crippen LogP contribution in [0, 0.1) is 11.8 Å². The molecule has 5 heteroatoms. The number of carbonyl (C=O) groups excluding carboxylic acids is 1. The fraction of sp³-hybridized carbons (Fsp3) is 0.938. The normalized spacial score (nSPS) is 20.2. The van der Waals surface area contributed by atoms with Crippen LogP contribution in [-0.2, 0) is 4.79 Å². The van der Waals surface area contributed by atoms with Gasteiger partial charge in [-0.05, 0) is 51.6 Å². The van der Waals surface area contributed by atoms with Crippen LogP contribution >= 0.6 is 21.6 Å². The summed E-state index contributed by atoms with van der Waals surface area (Å²) in [5.41, 5.74) is 0. The summed E-state index contributed by atoms with van der Waals surface area (Å²) in [6, 6.07) is 0. The van der Waals surface area contributed by atoms with Crippen molar-refractivity contribution < 1.29 is 4.79 Å². The summed E-state index contributed by atoms with van der Waals surface area (Å²) in [6.45, 7) is 6.19. The maximum Gasteiger partial charge on any atom is 0.220 e. The van der Waals surface area contributed by atoms with Gasteiger partial charge >= 0.3 is 0 Å². The van der Waals surface area contributed by atoms with Gasteiger partial charge in [0.2, 0.25) is 5.91 Å². The van der Waals surface area contributed by atoms with Gasteiger partial charge in [0.05, 0.1) is 0 Å². The average Bonchev–Trinajstić information content (AvgIpc) is 2.87. The van der Waals surface area contributed by atoms with Crippen LogP contribution in [0.4, 0.5) is 0 Å². The van der Waals surface area contributed by atoms with Crippen LogP contribution in [0.3, 0.4) is 0 Å². The lowest BCUT2D eigenvalue weighted by molar-refractivity contribution is -0.122. The number of nitrogens with zero attached hydrogens (tertiary/aromatic N) is 1. The van der Waals surface area contributed by atoms with E-state index in [1.54, 1.807) is 0 Å². The first-order valence-electron chi connectivity index (χ1n) is 8.17. The Morgan fingerprint density at radius 2 is 2.14 bits per heavy atom. The SMILES string of the molecule is CC(C)C[C@H](CCC1CCSS1)CC(=O)NCCN(C)C. The Hall–Kier alpha value is 0.130. The number of hydrogen-bond acceptors (Lipinski definition) is 4. The minimum Gasteiger partial charge on any atom is -0.355 e. The highest BCUT2D eigenvalue weighted by Crippen LogP contribution is 2.40. The second-order valence-corrected chi connectivity index (χ2v) is 9.55. The summed E-state index contributed by atoms with van der Waals surface area (Å²) in [5, 5.41) is 3.88. The van der Waals surface area contributed by atoms with Gasteiger partial charge in [0, 0.05) is 30.5 Å². The van der Waals surface area contributed by atoms with Crippen molar-refractivity contribution in [1.29, 1.82) is 0 Å². The van der Waals surface area contributed by atoms with Crippen molar-refractivity contribution >= 4 is 27.5 Å². The smallest absolute Gasteiger partial charge is 0.220 e. The lowest BCUT2D eigenvalue weighted by Gasteiger charge is -2.20. The molecule has 1 saturated heterocycles. The Balaban J connectivity index is 2.28. The van der Waals surface area contributed by atoms with Crippen LogP contribution < -0.4 is 5.32 Å². The molecule has 0 aromatic carbocycles. The minimum absolute atomic E-state index is 0.232. The first-order chi connectivity index (χ1) is 9.97. The second-order valence-electron chi connectivity index (χ2n) is 6.76. The molecule has 1 rings (SSSR count). The zero-order valence-corrected chi connectivity index (χ0v) is 15.7. The average molecular weight is 333 g/mol. The van der Waals surface area contributed by atoms with E-state index >= 15 is 0 Å². The van der Waals surface area contributed by atoms with E-state index in [9.17, 15) is 4.79 Å². The molecule has 1 aliphatic heterocycles. The Kier molecular flexibility index (Phi) is 9.85. The van der Waals surface area contributed by atoms with Crippen LogP contribution in [0.15, 0.2) is 0 Å². The van der Waals surface area contributed by atoms with Gasteiger partial charge < -0.3 is 10.2 Å². The van der Waals surface area contributed by atoms with Crippen molar-refractivity contribution in [3.05, 3.63) is 0 Å². The molecule has 0 spiro atoms. The predicted molar refractivity (Wildman–Crippen MR) is 96.8 cm³/mol. The highest BCUT2D eigenvalue weighted by molar-refractivity contribution is 8.77. The van der Waals surface area contributed by atoms with Gasteiger partial charge in [0.15, 0.2) is 0 Å². The van der Waals surface area contributed by atoms with Gasteiger partial charge in [0.1, 0.15) is 0 Å². The molecular weight excluding hydrogens is 300 g/mol. The number of carbonyl (C=O) groups is 1. The highest BCUT2D eigenvalue weighted by Gasteiger charge is 2.21. The Morgan fingerprint density at radius 1 is 1.38 bits per heavy atom. The predicted octanol–water partition coefficient (Wildman–Crippen LogP) is 3.65. The van der Waals surface area contributed by atoms with E-state index in [0.29, 0.717) is 18.3 Å². The van der Waals surface area contributed by atoms with E-state index in [0.717, 1.165) is 18.3 Å². The van der Waals surface area contributed by atoms with Gasteiger partial charge in [-0.25, -0.2) is 0 Å². The van der Waals surface area contributed by atoms with Crippen LogP contribution in [0.1, 0.15) is 46.0 Å². The van der Waals surface area contributed by atoms with E-state index in [4.69, 9.17) is 0 Å². The Labute approximate surface area is 138 Å². The summed E-state index contributed by atoms with van der Waals surface area (Å²) < 4.78 is 0. The number of nitrogens with one attached hydrogen (secondary N) is 1. The van der Waals surface area contributed by atoms with Gasteiger partial charge in [-0.3, -0.25) is 4.79 Å². The molecule has 1 unspecified atom stereocenters. The molecule has 0 radical (unpaired) electrons. The summed E-state index contributed by atoms with van der Waals surface area (Å²) >= 11 is 0. The van der Waals surface area contributed by atoms with Crippen molar-refractivity contribution in [3.8, 4) is 0 Å². The molecule has 0 aliphatic carbocycles. The molecule has 1 amide bonds. The molecule has 0 aromatic rings. The summed E-state index contributed by atoms with van der Waals surface area (Å²) in [6.07, 6.45) is 5.71. The Bertz CT molecular complexity index is 292. The van der Waals surface area contributed by atoms with E-state index in [-0.39, 0.29) is 5.91 Å². The third-order valence-corrected chi connectivity index (χ3v) is 6.79.